The summed E-state index contributed by atoms with van der Waals surface area (Å²) < 4.78 is 0. The van der Waals surface area contributed by atoms with Crippen LogP contribution in [0.25, 0.3) is 0 Å². The largest absolute Gasteiger partial charge is 0.198 e. The average molecular weight is 443 g/mol. The van der Waals surface area contributed by atoms with Crippen LogP contribution in [0.5, 0.6) is 0 Å². The van der Waals surface area contributed by atoms with Gasteiger partial charge in [0.15, 0.2) is 0 Å². The fourth-order valence-electron chi connectivity index (χ4n) is 3.33. The number of hydrogen-bond acceptors (Lipinski definition) is 1. The summed E-state index contributed by atoms with van der Waals surface area (Å²) in [5, 5.41) is 13.0. The van der Waals surface area contributed by atoms with Gasteiger partial charge in [-0.15, -0.1) is 11.6 Å². The maximum absolute atomic E-state index is 8.67. The highest BCUT2D eigenvalue weighted by Gasteiger charge is 2.24. The van der Waals surface area contributed by atoms with E-state index in [1.165, 1.54) is 15.9 Å². The van der Waals surface area contributed by atoms with Crippen molar-refractivity contribution < 1.29 is 0 Å². The van der Waals surface area contributed by atoms with Crippen molar-refractivity contribution in [1.82, 2.24) is 0 Å². The van der Waals surface area contributed by atoms with Gasteiger partial charge in [-0.05, 0) is 54.4 Å². The molecule has 0 aromatic heterocycles. The van der Waals surface area contributed by atoms with E-state index in [2.05, 4.69) is 97.1 Å². The second kappa shape index (κ2) is 12.1. The second-order valence-corrected chi connectivity index (χ2v) is 9.95. The first kappa shape index (κ1) is 22.8. The fourth-order valence-corrected chi connectivity index (χ4v) is 6.08. The van der Waals surface area contributed by atoms with E-state index >= 15 is 0 Å². The van der Waals surface area contributed by atoms with Crippen molar-refractivity contribution in [2.75, 3.05) is 0 Å². The molecule has 0 aliphatic carbocycles. The minimum atomic E-state index is -0.877. The minimum absolute atomic E-state index is 0.0480. The van der Waals surface area contributed by atoms with E-state index in [0.29, 0.717) is 5.88 Å². The van der Waals surface area contributed by atoms with E-state index < -0.39 is 7.92 Å². The SMILES string of the molecule is CC(C#N)c1cccc(CCl)c1.c1ccc([PH+](c2ccccc2)c2ccccc2)cc1. The van der Waals surface area contributed by atoms with Gasteiger partial charge in [0, 0.05) is 5.88 Å². The van der Waals surface area contributed by atoms with Crippen molar-refractivity contribution in [3.8, 4) is 6.07 Å². The Morgan fingerprint density at radius 1 is 0.710 bits per heavy atom. The molecule has 4 aromatic carbocycles. The number of rotatable bonds is 5. The van der Waals surface area contributed by atoms with Crippen molar-refractivity contribution in [2.24, 2.45) is 0 Å². The molecule has 0 heterocycles. The predicted molar refractivity (Wildman–Crippen MR) is 137 cm³/mol. The molecule has 0 aliphatic rings. The molecular weight excluding hydrogens is 417 g/mol. The lowest BCUT2D eigenvalue weighted by Crippen LogP contribution is -2.20. The van der Waals surface area contributed by atoms with Gasteiger partial charge in [0.1, 0.15) is 15.9 Å². The van der Waals surface area contributed by atoms with Gasteiger partial charge >= 0.3 is 0 Å². The van der Waals surface area contributed by atoms with Crippen LogP contribution in [0.3, 0.4) is 0 Å². The minimum Gasteiger partial charge on any atom is -0.198 e. The highest BCUT2D eigenvalue weighted by molar-refractivity contribution is 7.79. The predicted octanol–water partition coefficient (Wildman–Crippen LogP) is 6.23. The Morgan fingerprint density at radius 2 is 1.16 bits per heavy atom. The van der Waals surface area contributed by atoms with Crippen LogP contribution in [0.1, 0.15) is 24.0 Å². The van der Waals surface area contributed by atoms with Crippen LogP contribution in [0.4, 0.5) is 0 Å². The highest BCUT2D eigenvalue weighted by Crippen LogP contribution is 2.32. The van der Waals surface area contributed by atoms with Gasteiger partial charge < -0.3 is 0 Å². The molecule has 4 aromatic rings. The standard InChI is InChI=1S/C18H15P.C10H10ClN/c1-4-10-16(11-5-1)19(17-12-6-2-7-13-17)18-14-8-3-9-15-18;1-8(7-12)10-4-2-3-9(5-10)6-11/h1-15H;2-5,8H,6H2,1H3/p+1. The van der Waals surface area contributed by atoms with Gasteiger partial charge in [-0.3, -0.25) is 0 Å². The van der Waals surface area contributed by atoms with E-state index in [1.807, 2.05) is 31.2 Å². The first-order valence-electron chi connectivity index (χ1n) is 10.3. The molecule has 0 aliphatic heterocycles. The molecule has 0 fully saturated rings. The first-order chi connectivity index (χ1) is 15.2. The van der Waals surface area contributed by atoms with E-state index in [4.69, 9.17) is 16.9 Å². The zero-order valence-electron chi connectivity index (χ0n) is 17.6. The Morgan fingerprint density at radius 3 is 1.55 bits per heavy atom. The van der Waals surface area contributed by atoms with E-state index in [1.54, 1.807) is 0 Å². The average Bonchev–Trinajstić information content (AvgIpc) is 2.86. The summed E-state index contributed by atoms with van der Waals surface area (Å²) in [5.41, 5.74) is 2.10. The lowest BCUT2D eigenvalue weighted by atomic mass is 10.0. The van der Waals surface area contributed by atoms with Gasteiger partial charge in [-0.2, -0.15) is 5.26 Å². The van der Waals surface area contributed by atoms with Crippen molar-refractivity contribution in [1.29, 1.82) is 5.26 Å². The summed E-state index contributed by atoms with van der Waals surface area (Å²) in [6, 6.07) is 42.5. The number of alkyl halides is 1. The molecule has 31 heavy (non-hydrogen) atoms. The Kier molecular flexibility index (Phi) is 8.86. The van der Waals surface area contributed by atoms with Gasteiger partial charge in [0.2, 0.25) is 0 Å². The Bertz CT molecular complexity index is 998. The summed E-state index contributed by atoms with van der Waals surface area (Å²) >= 11 is 5.66. The van der Waals surface area contributed by atoms with Crippen LogP contribution >= 0.6 is 19.5 Å². The zero-order chi connectivity index (χ0) is 21.9. The van der Waals surface area contributed by atoms with Crippen LogP contribution in [0.15, 0.2) is 115 Å². The molecule has 0 radical (unpaired) electrons. The van der Waals surface area contributed by atoms with Crippen LogP contribution < -0.4 is 15.9 Å². The number of benzene rings is 4. The summed E-state index contributed by atoms with van der Waals surface area (Å²) in [5.74, 6) is 0.458. The molecule has 0 amide bonds. The number of nitriles is 1. The van der Waals surface area contributed by atoms with Crippen molar-refractivity contribution in [3.05, 3.63) is 126 Å². The third-order valence-electron chi connectivity index (χ3n) is 4.99. The van der Waals surface area contributed by atoms with Crippen molar-refractivity contribution >= 4 is 35.4 Å². The van der Waals surface area contributed by atoms with Gasteiger partial charge in [0.25, 0.3) is 0 Å². The monoisotopic (exact) mass is 442 g/mol. The summed E-state index contributed by atoms with van der Waals surface area (Å²) in [6.45, 7) is 1.88. The Balaban J connectivity index is 0.000000196. The lowest BCUT2D eigenvalue weighted by molar-refractivity contribution is 0.978. The summed E-state index contributed by atoms with van der Waals surface area (Å²) in [7, 11) is -0.877. The Hall–Kier alpha value is -2.91. The maximum Gasteiger partial charge on any atom is 0.102 e. The molecule has 1 atom stereocenters. The normalized spacial score (nSPS) is 11.2. The number of hydrogen-bond donors (Lipinski definition) is 0. The second-order valence-electron chi connectivity index (χ2n) is 7.20. The molecule has 0 saturated heterocycles. The van der Waals surface area contributed by atoms with E-state index in [0.717, 1.165) is 11.1 Å². The van der Waals surface area contributed by atoms with E-state index in [9.17, 15) is 0 Å². The third-order valence-corrected chi connectivity index (χ3v) is 8.03. The molecule has 1 unspecified atom stereocenters. The summed E-state index contributed by atoms with van der Waals surface area (Å²) in [6.07, 6.45) is 0. The van der Waals surface area contributed by atoms with Crippen LogP contribution in [-0.2, 0) is 5.88 Å². The van der Waals surface area contributed by atoms with Gasteiger partial charge in [0.05, 0.1) is 19.9 Å². The molecular formula is C28H26ClNP+. The maximum atomic E-state index is 8.67. The molecule has 1 nitrogen and oxygen atoms in total. The van der Waals surface area contributed by atoms with E-state index in [-0.39, 0.29) is 5.92 Å². The van der Waals surface area contributed by atoms with Crippen molar-refractivity contribution in [3.63, 3.8) is 0 Å². The molecule has 3 heteroatoms. The topological polar surface area (TPSA) is 23.8 Å². The molecule has 0 saturated carbocycles. The first-order valence-corrected chi connectivity index (χ1v) is 12.3. The van der Waals surface area contributed by atoms with Crippen LogP contribution in [0.2, 0.25) is 0 Å². The number of nitrogens with zero attached hydrogens (tertiary/aromatic N) is 1. The molecule has 0 N–H and O–H groups in total. The van der Waals surface area contributed by atoms with Crippen LogP contribution in [-0.4, -0.2) is 0 Å². The van der Waals surface area contributed by atoms with Gasteiger partial charge in [-0.25, -0.2) is 0 Å². The molecule has 0 bridgehead atoms. The zero-order valence-corrected chi connectivity index (χ0v) is 19.3. The third kappa shape index (κ3) is 6.53. The van der Waals surface area contributed by atoms with Crippen molar-refractivity contribution in [2.45, 2.75) is 18.7 Å². The highest BCUT2D eigenvalue weighted by atomic mass is 35.5. The fraction of sp³-hybridized carbons (Fsp3) is 0.107. The summed E-state index contributed by atoms with van der Waals surface area (Å²) in [4.78, 5) is 0. The molecule has 154 valence electrons. The Labute approximate surface area is 191 Å². The van der Waals surface area contributed by atoms with Gasteiger partial charge in [-0.1, -0.05) is 78.9 Å². The smallest absolute Gasteiger partial charge is 0.102 e. The van der Waals surface area contributed by atoms with Crippen LogP contribution in [0, 0.1) is 11.3 Å². The lowest BCUT2D eigenvalue weighted by Gasteiger charge is -2.10. The molecule has 0 spiro atoms. The number of halogens is 1. The quantitative estimate of drug-likeness (QED) is 0.265. The molecule has 4 rings (SSSR count).